The molecule has 2 aliphatic rings. The maximum atomic E-state index is 5.90. The Bertz CT molecular complexity index is 359. The number of methoxy groups -OCH3 is 1. The molecule has 1 aliphatic heterocycles. The van der Waals surface area contributed by atoms with Crippen LogP contribution in [0.5, 0.6) is 0 Å². The number of aliphatic imine (C=N–C) groups is 1. The van der Waals surface area contributed by atoms with E-state index in [-0.39, 0.29) is 0 Å². The highest BCUT2D eigenvalue weighted by molar-refractivity contribution is 5.80. The molecule has 2 rings (SSSR count). The molecule has 0 radical (unpaired) electrons. The van der Waals surface area contributed by atoms with E-state index in [4.69, 9.17) is 14.2 Å². The predicted octanol–water partition coefficient (Wildman–Crippen LogP) is 1.90. The van der Waals surface area contributed by atoms with Gasteiger partial charge in [-0.2, -0.15) is 0 Å². The van der Waals surface area contributed by atoms with Gasteiger partial charge in [0.2, 0.25) is 0 Å². The minimum absolute atomic E-state index is 0.516. The fourth-order valence-electron chi connectivity index (χ4n) is 3.46. The molecule has 1 saturated heterocycles. The van der Waals surface area contributed by atoms with Gasteiger partial charge in [0.1, 0.15) is 0 Å². The zero-order valence-electron chi connectivity index (χ0n) is 15.5. The number of guanidine groups is 1. The molecule has 140 valence electrons. The number of hydrogen-bond donors (Lipinski definition) is 1. The average Bonchev–Trinajstić information content (AvgIpc) is 3.27. The molecule has 2 fully saturated rings. The summed E-state index contributed by atoms with van der Waals surface area (Å²) < 4.78 is 16.6. The predicted molar refractivity (Wildman–Crippen MR) is 96.6 cm³/mol. The van der Waals surface area contributed by atoms with E-state index in [1.165, 1.54) is 32.1 Å². The van der Waals surface area contributed by atoms with Crippen LogP contribution in [0, 0.1) is 5.92 Å². The van der Waals surface area contributed by atoms with Crippen LogP contribution in [-0.4, -0.2) is 77.2 Å². The molecular formula is C18H35N3O3. The van der Waals surface area contributed by atoms with E-state index in [2.05, 4.69) is 15.2 Å². The fraction of sp³-hybridized carbons (Fsp3) is 0.944. The van der Waals surface area contributed by atoms with E-state index in [1.54, 1.807) is 7.11 Å². The summed E-state index contributed by atoms with van der Waals surface area (Å²) in [7, 11) is 3.56. The number of rotatable bonds is 10. The molecular weight excluding hydrogens is 306 g/mol. The molecule has 1 aliphatic carbocycles. The molecule has 6 heteroatoms. The number of ether oxygens (including phenoxy) is 3. The highest BCUT2D eigenvalue weighted by Crippen LogP contribution is 2.20. The molecule has 1 N–H and O–H groups in total. The number of nitrogens with one attached hydrogen (secondary N) is 1. The second kappa shape index (κ2) is 11.7. The smallest absolute Gasteiger partial charge is 0.193 e. The summed E-state index contributed by atoms with van der Waals surface area (Å²) in [6.45, 7) is 6.01. The van der Waals surface area contributed by atoms with Gasteiger partial charge in [-0.15, -0.1) is 0 Å². The number of nitrogens with zero attached hydrogens (tertiary/aromatic N) is 2. The van der Waals surface area contributed by atoms with E-state index >= 15 is 0 Å². The fourth-order valence-corrected chi connectivity index (χ4v) is 3.46. The van der Waals surface area contributed by atoms with Gasteiger partial charge >= 0.3 is 0 Å². The first-order valence-corrected chi connectivity index (χ1v) is 9.47. The lowest BCUT2D eigenvalue weighted by Gasteiger charge is -2.22. The number of hydrogen-bond acceptors (Lipinski definition) is 4. The molecule has 0 spiro atoms. The van der Waals surface area contributed by atoms with E-state index in [1.807, 2.05) is 7.05 Å². The van der Waals surface area contributed by atoms with Crippen LogP contribution in [0.3, 0.4) is 0 Å². The normalized spacial score (nSPS) is 22.5. The maximum Gasteiger partial charge on any atom is 0.193 e. The summed E-state index contributed by atoms with van der Waals surface area (Å²) in [4.78, 5) is 6.75. The molecule has 24 heavy (non-hydrogen) atoms. The third kappa shape index (κ3) is 6.95. The van der Waals surface area contributed by atoms with Gasteiger partial charge in [0, 0.05) is 46.3 Å². The van der Waals surface area contributed by atoms with Crippen molar-refractivity contribution in [3.63, 3.8) is 0 Å². The molecule has 0 aromatic rings. The van der Waals surface area contributed by atoms with Crippen molar-refractivity contribution in [3.05, 3.63) is 0 Å². The molecule has 0 amide bonds. The second-order valence-corrected chi connectivity index (χ2v) is 6.77. The zero-order chi connectivity index (χ0) is 17.0. The largest absolute Gasteiger partial charge is 0.382 e. The average molecular weight is 341 g/mol. The van der Waals surface area contributed by atoms with Crippen LogP contribution in [-0.2, 0) is 14.2 Å². The van der Waals surface area contributed by atoms with E-state index in [0.29, 0.717) is 25.2 Å². The molecule has 0 aromatic heterocycles. The van der Waals surface area contributed by atoms with E-state index < -0.39 is 0 Å². The van der Waals surface area contributed by atoms with Crippen molar-refractivity contribution in [1.29, 1.82) is 0 Å². The lowest BCUT2D eigenvalue weighted by molar-refractivity contribution is 0.0536. The monoisotopic (exact) mass is 341 g/mol. The minimum atomic E-state index is 0.516. The van der Waals surface area contributed by atoms with Gasteiger partial charge in [-0.3, -0.25) is 4.99 Å². The first kappa shape index (κ1) is 19.5. The van der Waals surface area contributed by atoms with Crippen LogP contribution in [0.15, 0.2) is 4.99 Å². The summed E-state index contributed by atoms with van der Waals surface area (Å²) in [5, 5.41) is 3.47. The van der Waals surface area contributed by atoms with Gasteiger partial charge in [0.05, 0.1) is 25.9 Å². The van der Waals surface area contributed by atoms with Crippen molar-refractivity contribution in [2.24, 2.45) is 10.9 Å². The summed E-state index contributed by atoms with van der Waals surface area (Å²) in [5.41, 5.74) is 0. The lowest BCUT2D eigenvalue weighted by Crippen LogP contribution is -2.40. The van der Waals surface area contributed by atoms with Crippen molar-refractivity contribution >= 4 is 5.96 Å². The minimum Gasteiger partial charge on any atom is -0.382 e. The lowest BCUT2D eigenvalue weighted by atomic mass is 10.1. The highest BCUT2D eigenvalue weighted by atomic mass is 16.5. The molecule has 1 unspecified atom stereocenters. The van der Waals surface area contributed by atoms with E-state index in [0.717, 1.165) is 45.2 Å². The summed E-state index contributed by atoms with van der Waals surface area (Å²) in [6.07, 6.45) is 7.88. The molecule has 1 saturated carbocycles. The van der Waals surface area contributed by atoms with Crippen molar-refractivity contribution in [1.82, 2.24) is 10.2 Å². The Balaban J connectivity index is 1.54. The standard InChI is InChI=1S/C18H35N3O3/c1-19-18(20-9-5-11-24-17-6-3-4-7-17)21-10-8-16(14-21)15-23-13-12-22-2/h16-17H,3-15H2,1-2H3,(H,19,20). The SMILES string of the molecule is CN=C(NCCCOC1CCCC1)N1CCC(COCCOC)C1. The van der Waals surface area contributed by atoms with Gasteiger partial charge in [0.25, 0.3) is 0 Å². The quantitative estimate of drug-likeness (QED) is 0.374. The zero-order valence-corrected chi connectivity index (χ0v) is 15.5. The molecule has 0 aromatic carbocycles. The topological polar surface area (TPSA) is 55.3 Å². The highest BCUT2D eigenvalue weighted by Gasteiger charge is 2.24. The van der Waals surface area contributed by atoms with Crippen molar-refractivity contribution in [3.8, 4) is 0 Å². The number of likely N-dealkylation sites (tertiary alicyclic amines) is 1. The van der Waals surface area contributed by atoms with Gasteiger partial charge in [-0.25, -0.2) is 0 Å². The Morgan fingerprint density at radius 3 is 2.75 bits per heavy atom. The van der Waals surface area contributed by atoms with Crippen molar-refractivity contribution in [2.75, 3.05) is 60.2 Å². The third-order valence-corrected chi connectivity index (χ3v) is 4.84. The van der Waals surface area contributed by atoms with Crippen LogP contribution in [0.1, 0.15) is 38.5 Å². The first-order chi connectivity index (χ1) is 11.8. The van der Waals surface area contributed by atoms with E-state index in [9.17, 15) is 0 Å². The van der Waals surface area contributed by atoms with Crippen molar-refractivity contribution in [2.45, 2.75) is 44.6 Å². The van der Waals surface area contributed by atoms with Crippen LogP contribution < -0.4 is 5.32 Å². The first-order valence-electron chi connectivity index (χ1n) is 9.47. The molecule has 6 nitrogen and oxygen atoms in total. The van der Waals surface area contributed by atoms with Crippen LogP contribution in [0.4, 0.5) is 0 Å². The summed E-state index contributed by atoms with van der Waals surface area (Å²) in [5.74, 6) is 1.60. The van der Waals surface area contributed by atoms with Gasteiger partial charge in [0.15, 0.2) is 5.96 Å². The second-order valence-electron chi connectivity index (χ2n) is 6.77. The van der Waals surface area contributed by atoms with Gasteiger partial charge in [-0.05, 0) is 25.7 Å². The Hall–Kier alpha value is -0.850. The van der Waals surface area contributed by atoms with Gasteiger partial charge < -0.3 is 24.4 Å². The Kier molecular flexibility index (Phi) is 9.46. The summed E-state index contributed by atoms with van der Waals surface area (Å²) >= 11 is 0. The molecule has 0 bridgehead atoms. The maximum absolute atomic E-state index is 5.90. The van der Waals surface area contributed by atoms with Gasteiger partial charge in [-0.1, -0.05) is 12.8 Å². The molecule has 1 atom stereocenters. The summed E-state index contributed by atoms with van der Waals surface area (Å²) in [6, 6.07) is 0. The third-order valence-electron chi connectivity index (χ3n) is 4.84. The van der Waals surface area contributed by atoms with Crippen molar-refractivity contribution < 1.29 is 14.2 Å². The Labute approximate surface area is 146 Å². The molecule has 1 heterocycles. The Morgan fingerprint density at radius 1 is 1.17 bits per heavy atom. The Morgan fingerprint density at radius 2 is 2.00 bits per heavy atom. The van der Waals surface area contributed by atoms with Crippen LogP contribution in [0.25, 0.3) is 0 Å². The van der Waals surface area contributed by atoms with Crippen LogP contribution in [0.2, 0.25) is 0 Å². The van der Waals surface area contributed by atoms with Crippen LogP contribution >= 0.6 is 0 Å².